The Balaban J connectivity index is 1.69. The van der Waals surface area contributed by atoms with Crippen molar-refractivity contribution in [3.8, 4) is 11.5 Å². The summed E-state index contributed by atoms with van der Waals surface area (Å²) in [5.41, 5.74) is 0.760. The van der Waals surface area contributed by atoms with E-state index in [2.05, 4.69) is 4.90 Å². The number of rotatable bonds is 3. The van der Waals surface area contributed by atoms with E-state index in [9.17, 15) is 8.42 Å². The molecule has 0 aromatic heterocycles. The van der Waals surface area contributed by atoms with E-state index in [-0.39, 0.29) is 11.6 Å². The first kappa shape index (κ1) is 16.2. The first-order valence-corrected chi connectivity index (χ1v) is 10.3. The number of morpholine rings is 1. The molecule has 0 bridgehead atoms. The SMILES string of the molecule is CS(=O)(=O)Oc1ccc2c(c1)C1CCCCC1(N1CCOCC1)O2. The van der Waals surface area contributed by atoms with Gasteiger partial charge in [0, 0.05) is 31.0 Å². The van der Waals surface area contributed by atoms with Crippen LogP contribution in [0.25, 0.3) is 0 Å². The van der Waals surface area contributed by atoms with Crippen molar-refractivity contribution in [2.75, 3.05) is 32.6 Å². The molecule has 1 aromatic rings. The van der Waals surface area contributed by atoms with Crippen LogP contribution in [-0.2, 0) is 14.9 Å². The zero-order valence-electron chi connectivity index (χ0n) is 13.9. The summed E-state index contributed by atoms with van der Waals surface area (Å²) in [5.74, 6) is 1.47. The van der Waals surface area contributed by atoms with Crippen molar-refractivity contribution in [3.05, 3.63) is 23.8 Å². The van der Waals surface area contributed by atoms with Gasteiger partial charge in [0.1, 0.15) is 11.5 Å². The Labute approximate surface area is 142 Å². The molecule has 2 fully saturated rings. The summed E-state index contributed by atoms with van der Waals surface area (Å²) in [6.45, 7) is 3.21. The molecular weight excluding hydrogens is 330 g/mol. The van der Waals surface area contributed by atoms with Crippen molar-refractivity contribution in [1.82, 2.24) is 4.90 Å². The molecule has 2 heterocycles. The lowest BCUT2D eigenvalue weighted by molar-refractivity contribution is -0.139. The van der Waals surface area contributed by atoms with Crippen LogP contribution in [0.2, 0.25) is 0 Å². The number of nitrogens with zero attached hydrogens (tertiary/aromatic N) is 1. The summed E-state index contributed by atoms with van der Waals surface area (Å²) < 4.78 is 39.9. The summed E-state index contributed by atoms with van der Waals surface area (Å²) in [6.07, 6.45) is 5.42. The topological polar surface area (TPSA) is 65.1 Å². The van der Waals surface area contributed by atoms with E-state index in [1.807, 2.05) is 12.1 Å². The molecule has 1 saturated heterocycles. The summed E-state index contributed by atoms with van der Waals surface area (Å²) in [6, 6.07) is 5.36. The second kappa shape index (κ2) is 5.89. The number of benzene rings is 1. The molecule has 132 valence electrons. The monoisotopic (exact) mass is 353 g/mol. The van der Waals surface area contributed by atoms with Crippen LogP contribution in [-0.4, -0.2) is 51.6 Å². The molecular formula is C17H23NO5S. The highest BCUT2D eigenvalue weighted by Crippen LogP contribution is 2.54. The third-order valence-corrected chi connectivity index (χ3v) is 5.75. The Bertz CT molecular complexity index is 728. The van der Waals surface area contributed by atoms with Crippen molar-refractivity contribution < 1.29 is 22.1 Å². The molecule has 7 heteroatoms. The fourth-order valence-electron chi connectivity index (χ4n) is 4.34. The third-order valence-electron chi connectivity index (χ3n) is 5.26. The fourth-order valence-corrected chi connectivity index (χ4v) is 4.79. The Hall–Kier alpha value is -1.31. The van der Waals surface area contributed by atoms with Crippen LogP contribution in [0.4, 0.5) is 0 Å². The van der Waals surface area contributed by atoms with Crippen LogP contribution in [0.15, 0.2) is 18.2 Å². The lowest BCUT2D eigenvalue weighted by Gasteiger charge is -2.47. The molecule has 3 aliphatic rings. The lowest BCUT2D eigenvalue weighted by Crippen LogP contribution is -2.59. The average molecular weight is 353 g/mol. The van der Waals surface area contributed by atoms with Gasteiger partial charge in [-0.25, -0.2) is 0 Å². The second-order valence-corrected chi connectivity index (χ2v) is 8.41. The molecule has 2 atom stereocenters. The molecule has 1 aromatic carbocycles. The van der Waals surface area contributed by atoms with E-state index >= 15 is 0 Å². The van der Waals surface area contributed by atoms with Crippen LogP contribution < -0.4 is 8.92 Å². The fraction of sp³-hybridized carbons (Fsp3) is 0.647. The van der Waals surface area contributed by atoms with Gasteiger partial charge < -0.3 is 13.7 Å². The Morgan fingerprint density at radius 2 is 2.04 bits per heavy atom. The maximum Gasteiger partial charge on any atom is 0.306 e. The van der Waals surface area contributed by atoms with Crippen LogP contribution in [0.1, 0.15) is 37.2 Å². The molecule has 2 aliphatic heterocycles. The zero-order valence-corrected chi connectivity index (χ0v) is 14.7. The summed E-state index contributed by atoms with van der Waals surface area (Å²) in [7, 11) is -3.53. The van der Waals surface area contributed by atoms with E-state index in [1.54, 1.807) is 6.07 Å². The highest BCUT2D eigenvalue weighted by Gasteiger charge is 2.53. The first-order valence-electron chi connectivity index (χ1n) is 8.53. The van der Waals surface area contributed by atoms with Gasteiger partial charge in [-0.05, 0) is 31.0 Å². The van der Waals surface area contributed by atoms with Gasteiger partial charge >= 0.3 is 10.1 Å². The largest absolute Gasteiger partial charge is 0.472 e. The van der Waals surface area contributed by atoms with Crippen LogP contribution in [0.5, 0.6) is 11.5 Å². The van der Waals surface area contributed by atoms with Crippen LogP contribution in [0.3, 0.4) is 0 Å². The molecule has 1 aliphatic carbocycles. The maximum absolute atomic E-state index is 11.4. The highest BCUT2D eigenvalue weighted by atomic mass is 32.2. The molecule has 2 unspecified atom stereocenters. The molecule has 24 heavy (non-hydrogen) atoms. The predicted molar refractivity (Wildman–Crippen MR) is 88.9 cm³/mol. The number of hydrogen-bond donors (Lipinski definition) is 0. The number of fused-ring (bicyclic) bond motifs is 3. The summed E-state index contributed by atoms with van der Waals surface area (Å²) in [5, 5.41) is 0. The van der Waals surface area contributed by atoms with Crippen molar-refractivity contribution in [1.29, 1.82) is 0 Å². The molecule has 1 saturated carbocycles. The highest BCUT2D eigenvalue weighted by molar-refractivity contribution is 7.86. The van der Waals surface area contributed by atoms with Crippen LogP contribution in [0, 0.1) is 0 Å². The molecule has 0 radical (unpaired) electrons. The average Bonchev–Trinajstić information content (AvgIpc) is 2.89. The van der Waals surface area contributed by atoms with Crippen molar-refractivity contribution in [2.45, 2.75) is 37.3 Å². The first-order chi connectivity index (χ1) is 11.5. The minimum atomic E-state index is -3.53. The number of ether oxygens (including phenoxy) is 2. The van der Waals surface area contributed by atoms with Gasteiger partial charge in [-0.3, -0.25) is 4.90 Å². The van der Waals surface area contributed by atoms with Gasteiger partial charge in [-0.2, -0.15) is 8.42 Å². The van der Waals surface area contributed by atoms with Gasteiger partial charge in [-0.1, -0.05) is 6.42 Å². The molecule has 0 amide bonds. The smallest absolute Gasteiger partial charge is 0.306 e. The quantitative estimate of drug-likeness (QED) is 0.776. The Morgan fingerprint density at radius 1 is 1.25 bits per heavy atom. The Morgan fingerprint density at radius 3 is 2.79 bits per heavy atom. The van der Waals surface area contributed by atoms with Gasteiger partial charge in [-0.15, -0.1) is 0 Å². The second-order valence-electron chi connectivity index (χ2n) is 6.83. The van der Waals surface area contributed by atoms with Gasteiger partial charge in [0.25, 0.3) is 0 Å². The van der Waals surface area contributed by atoms with Gasteiger partial charge in [0.05, 0.1) is 19.5 Å². The molecule has 6 nitrogen and oxygen atoms in total. The van der Waals surface area contributed by atoms with Crippen LogP contribution >= 0.6 is 0 Å². The Kier molecular flexibility index (Phi) is 3.97. The van der Waals surface area contributed by atoms with E-state index in [1.165, 1.54) is 0 Å². The molecule has 0 spiro atoms. The van der Waals surface area contributed by atoms with E-state index in [0.717, 1.165) is 69.6 Å². The molecule has 0 N–H and O–H groups in total. The normalized spacial score (nSPS) is 30.3. The minimum Gasteiger partial charge on any atom is -0.472 e. The predicted octanol–water partition coefficient (Wildman–Crippen LogP) is 2.10. The van der Waals surface area contributed by atoms with Gasteiger partial charge in [0.2, 0.25) is 0 Å². The summed E-state index contributed by atoms with van der Waals surface area (Å²) >= 11 is 0. The van der Waals surface area contributed by atoms with E-state index < -0.39 is 10.1 Å². The molecule has 4 rings (SSSR count). The van der Waals surface area contributed by atoms with Crippen molar-refractivity contribution in [2.24, 2.45) is 0 Å². The number of hydrogen-bond acceptors (Lipinski definition) is 6. The van der Waals surface area contributed by atoms with E-state index in [4.69, 9.17) is 13.7 Å². The van der Waals surface area contributed by atoms with Crippen molar-refractivity contribution in [3.63, 3.8) is 0 Å². The minimum absolute atomic E-state index is 0.252. The lowest BCUT2D eigenvalue weighted by atomic mass is 9.77. The summed E-state index contributed by atoms with van der Waals surface area (Å²) in [4.78, 5) is 2.41. The zero-order chi connectivity index (χ0) is 16.8. The standard InChI is InChI=1S/C17H23NO5S/c1-24(19,20)23-13-5-6-16-14(12-13)15-4-2-3-7-17(15,22-16)18-8-10-21-11-9-18/h5-6,12,15H,2-4,7-11H2,1H3. The van der Waals surface area contributed by atoms with Gasteiger partial charge in [0.15, 0.2) is 5.72 Å². The third kappa shape index (κ3) is 2.78. The van der Waals surface area contributed by atoms with Crippen molar-refractivity contribution >= 4 is 10.1 Å². The van der Waals surface area contributed by atoms with E-state index in [0.29, 0.717) is 5.75 Å². The maximum atomic E-state index is 11.4.